The smallest absolute Gasteiger partial charge is 0.338 e. The fraction of sp³-hybridized carbons (Fsp3) is 0.421. The molecule has 0 aliphatic carbocycles. The number of esters is 1. The van der Waals surface area contributed by atoms with E-state index in [1.54, 1.807) is 19.1 Å². The van der Waals surface area contributed by atoms with Gasteiger partial charge < -0.3 is 15.4 Å². The van der Waals surface area contributed by atoms with Gasteiger partial charge in [-0.1, -0.05) is 19.8 Å². The minimum Gasteiger partial charge on any atom is -0.462 e. The molecular weight excluding hydrogens is 316 g/mol. The number of aromatic nitrogens is 2. The molecule has 0 radical (unpaired) electrons. The van der Waals surface area contributed by atoms with E-state index >= 15 is 0 Å². The fourth-order valence-electron chi connectivity index (χ4n) is 2.34. The highest BCUT2D eigenvalue weighted by Gasteiger charge is 2.07. The molecule has 0 unspecified atom stereocenters. The molecule has 0 spiro atoms. The Hall–Kier alpha value is -2.63. The maximum Gasteiger partial charge on any atom is 0.338 e. The van der Waals surface area contributed by atoms with E-state index in [-0.39, 0.29) is 5.97 Å². The Morgan fingerprint density at radius 1 is 1.12 bits per heavy atom. The van der Waals surface area contributed by atoms with Crippen LogP contribution in [0.25, 0.3) is 0 Å². The summed E-state index contributed by atoms with van der Waals surface area (Å²) in [5.74, 6) is 1.02. The lowest BCUT2D eigenvalue weighted by atomic mass is 10.2. The van der Waals surface area contributed by atoms with Crippen LogP contribution in [0.3, 0.4) is 0 Å². The van der Waals surface area contributed by atoms with Crippen molar-refractivity contribution in [1.82, 2.24) is 9.97 Å². The Morgan fingerprint density at radius 2 is 1.88 bits per heavy atom. The van der Waals surface area contributed by atoms with E-state index in [1.165, 1.54) is 12.8 Å². The fourth-order valence-corrected chi connectivity index (χ4v) is 2.34. The lowest BCUT2D eigenvalue weighted by Crippen LogP contribution is -2.07. The number of rotatable bonds is 9. The number of benzene rings is 1. The molecule has 1 heterocycles. The molecule has 1 aromatic carbocycles. The van der Waals surface area contributed by atoms with Gasteiger partial charge in [-0.05, 0) is 44.5 Å². The lowest BCUT2D eigenvalue weighted by Gasteiger charge is -2.10. The van der Waals surface area contributed by atoms with E-state index in [2.05, 4.69) is 27.5 Å². The molecule has 6 nitrogen and oxygen atoms in total. The topological polar surface area (TPSA) is 76.1 Å². The van der Waals surface area contributed by atoms with E-state index in [4.69, 9.17) is 4.74 Å². The van der Waals surface area contributed by atoms with Gasteiger partial charge in [0.05, 0.1) is 12.2 Å². The number of unbranched alkanes of at least 4 members (excludes halogenated alkanes) is 2. The van der Waals surface area contributed by atoms with E-state index in [0.29, 0.717) is 18.1 Å². The maximum atomic E-state index is 11.7. The standard InChI is InChI=1S/C19H26N4O2/c1-4-6-7-12-20-17-13-14(3)21-19(23-17)22-16-10-8-15(9-11-16)18(24)25-5-2/h8-11,13H,4-7,12H2,1-3H3,(H2,20,21,22,23). The number of carbonyl (C=O) groups is 1. The first-order valence-corrected chi connectivity index (χ1v) is 8.76. The minimum absolute atomic E-state index is 0.320. The second kappa shape index (κ2) is 9.61. The van der Waals surface area contributed by atoms with Gasteiger partial charge in [-0.3, -0.25) is 0 Å². The first-order valence-electron chi connectivity index (χ1n) is 8.76. The molecule has 0 aliphatic heterocycles. The van der Waals surface area contributed by atoms with Gasteiger partial charge in [-0.25, -0.2) is 9.78 Å². The van der Waals surface area contributed by atoms with Crippen molar-refractivity contribution in [3.05, 3.63) is 41.6 Å². The van der Waals surface area contributed by atoms with Gasteiger partial charge >= 0.3 is 5.97 Å². The molecule has 0 bridgehead atoms. The molecule has 0 saturated carbocycles. The van der Waals surface area contributed by atoms with Gasteiger partial charge in [0.2, 0.25) is 5.95 Å². The molecule has 0 fully saturated rings. The summed E-state index contributed by atoms with van der Waals surface area (Å²) in [7, 11) is 0. The van der Waals surface area contributed by atoms with Crippen LogP contribution in [0, 0.1) is 6.92 Å². The summed E-state index contributed by atoms with van der Waals surface area (Å²) < 4.78 is 4.98. The number of nitrogens with zero attached hydrogens (tertiary/aromatic N) is 2. The molecule has 0 atom stereocenters. The summed E-state index contributed by atoms with van der Waals surface area (Å²) in [6, 6.07) is 9.00. The minimum atomic E-state index is -0.320. The van der Waals surface area contributed by atoms with E-state index in [1.807, 2.05) is 25.1 Å². The molecule has 6 heteroatoms. The van der Waals surface area contributed by atoms with Crippen LogP contribution >= 0.6 is 0 Å². The summed E-state index contributed by atoms with van der Waals surface area (Å²) in [5.41, 5.74) is 2.23. The van der Waals surface area contributed by atoms with Gasteiger partial charge in [-0.2, -0.15) is 4.98 Å². The molecule has 0 amide bonds. The van der Waals surface area contributed by atoms with Crippen molar-refractivity contribution in [1.29, 1.82) is 0 Å². The van der Waals surface area contributed by atoms with Crippen LogP contribution in [0.5, 0.6) is 0 Å². The quantitative estimate of drug-likeness (QED) is 0.522. The second-order valence-corrected chi connectivity index (χ2v) is 5.77. The number of hydrogen-bond acceptors (Lipinski definition) is 6. The van der Waals surface area contributed by atoms with Crippen LogP contribution in [0.15, 0.2) is 30.3 Å². The predicted octanol–water partition coefficient (Wildman–Crippen LogP) is 4.31. The Balaban J connectivity index is 2.01. The number of nitrogens with one attached hydrogen (secondary N) is 2. The molecule has 2 rings (SSSR count). The van der Waals surface area contributed by atoms with Crippen LogP contribution in [0.2, 0.25) is 0 Å². The van der Waals surface area contributed by atoms with Crippen LogP contribution < -0.4 is 10.6 Å². The van der Waals surface area contributed by atoms with Crippen molar-refractivity contribution < 1.29 is 9.53 Å². The summed E-state index contributed by atoms with van der Waals surface area (Å²) in [6.45, 7) is 7.18. The molecular formula is C19H26N4O2. The third-order valence-corrected chi connectivity index (χ3v) is 3.59. The van der Waals surface area contributed by atoms with Crippen molar-refractivity contribution in [2.24, 2.45) is 0 Å². The van der Waals surface area contributed by atoms with Crippen LogP contribution in [0.4, 0.5) is 17.5 Å². The maximum absolute atomic E-state index is 11.7. The van der Waals surface area contributed by atoms with E-state index in [0.717, 1.165) is 30.2 Å². The predicted molar refractivity (Wildman–Crippen MR) is 100 cm³/mol. The van der Waals surface area contributed by atoms with Crippen molar-refractivity contribution in [2.75, 3.05) is 23.8 Å². The number of aryl methyl sites for hydroxylation is 1. The zero-order valence-electron chi connectivity index (χ0n) is 15.1. The monoisotopic (exact) mass is 342 g/mol. The van der Waals surface area contributed by atoms with E-state index in [9.17, 15) is 4.79 Å². The molecule has 25 heavy (non-hydrogen) atoms. The normalized spacial score (nSPS) is 10.4. The molecule has 2 N–H and O–H groups in total. The molecule has 2 aromatic rings. The first kappa shape index (κ1) is 18.7. The summed E-state index contributed by atoms with van der Waals surface area (Å²) in [6.07, 6.45) is 3.52. The van der Waals surface area contributed by atoms with Crippen molar-refractivity contribution in [2.45, 2.75) is 40.0 Å². The Labute approximate surface area is 149 Å². The van der Waals surface area contributed by atoms with Crippen molar-refractivity contribution in [3.8, 4) is 0 Å². The Bertz CT molecular complexity index is 686. The molecule has 0 saturated heterocycles. The van der Waals surface area contributed by atoms with Crippen LogP contribution in [0.1, 0.15) is 49.2 Å². The molecule has 1 aromatic heterocycles. The first-order chi connectivity index (χ1) is 12.1. The largest absolute Gasteiger partial charge is 0.462 e. The average Bonchev–Trinajstić information content (AvgIpc) is 2.59. The summed E-state index contributed by atoms with van der Waals surface area (Å²) >= 11 is 0. The number of anilines is 3. The highest BCUT2D eigenvalue weighted by molar-refractivity contribution is 5.89. The highest BCUT2D eigenvalue weighted by Crippen LogP contribution is 2.17. The Morgan fingerprint density at radius 3 is 2.56 bits per heavy atom. The van der Waals surface area contributed by atoms with E-state index < -0.39 is 0 Å². The van der Waals surface area contributed by atoms with Gasteiger partial charge in [0.1, 0.15) is 5.82 Å². The summed E-state index contributed by atoms with van der Waals surface area (Å²) in [4.78, 5) is 20.6. The highest BCUT2D eigenvalue weighted by atomic mass is 16.5. The third-order valence-electron chi connectivity index (χ3n) is 3.59. The lowest BCUT2D eigenvalue weighted by molar-refractivity contribution is 0.0526. The van der Waals surface area contributed by atoms with Gasteiger partial charge in [0.25, 0.3) is 0 Å². The van der Waals surface area contributed by atoms with Gasteiger partial charge in [0, 0.05) is 24.0 Å². The zero-order valence-corrected chi connectivity index (χ0v) is 15.1. The van der Waals surface area contributed by atoms with Crippen LogP contribution in [-0.2, 0) is 4.74 Å². The number of hydrogen-bond donors (Lipinski definition) is 2. The van der Waals surface area contributed by atoms with Crippen molar-refractivity contribution >= 4 is 23.4 Å². The van der Waals surface area contributed by atoms with Crippen LogP contribution in [-0.4, -0.2) is 29.1 Å². The van der Waals surface area contributed by atoms with Gasteiger partial charge in [-0.15, -0.1) is 0 Å². The number of carbonyl (C=O) groups excluding carboxylic acids is 1. The Kier molecular flexibility index (Phi) is 7.19. The molecule has 0 aliphatic rings. The van der Waals surface area contributed by atoms with Gasteiger partial charge in [0.15, 0.2) is 0 Å². The SMILES string of the molecule is CCCCCNc1cc(C)nc(Nc2ccc(C(=O)OCC)cc2)n1. The number of ether oxygens (including phenoxy) is 1. The second-order valence-electron chi connectivity index (χ2n) is 5.77. The molecule has 134 valence electrons. The summed E-state index contributed by atoms with van der Waals surface area (Å²) in [5, 5.41) is 6.50. The van der Waals surface area contributed by atoms with Crippen molar-refractivity contribution in [3.63, 3.8) is 0 Å². The third kappa shape index (κ3) is 6.06. The zero-order chi connectivity index (χ0) is 18.1. The average molecular weight is 342 g/mol.